The Bertz CT molecular complexity index is 685. The number of piperidine rings is 1. The molecular weight excluding hydrogens is 264 g/mol. The standard InChI is InChI=1S/C16H20N4O/c1-10-8-12(17)6-7-20(10)16-13(15(18)21)9-11-4-2-3-5-14(11)19-16/h2-5,9-10,12H,6-8,17H2,1H3,(H2,18,21). The average molecular weight is 284 g/mol. The van der Waals surface area contributed by atoms with E-state index in [4.69, 9.17) is 11.5 Å². The number of carbonyl (C=O) groups excluding carboxylic acids is 1. The number of benzene rings is 1. The van der Waals surface area contributed by atoms with Crippen molar-refractivity contribution in [3.63, 3.8) is 0 Å². The fourth-order valence-electron chi connectivity index (χ4n) is 3.03. The summed E-state index contributed by atoms with van der Waals surface area (Å²) in [6, 6.07) is 10.1. The zero-order chi connectivity index (χ0) is 15.0. The number of rotatable bonds is 2. The van der Waals surface area contributed by atoms with Crippen LogP contribution in [-0.4, -0.2) is 29.5 Å². The summed E-state index contributed by atoms with van der Waals surface area (Å²) in [4.78, 5) is 18.6. The molecule has 110 valence electrons. The van der Waals surface area contributed by atoms with Crippen molar-refractivity contribution in [3.8, 4) is 0 Å². The fraction of sp³-hybridized carbons (Fsp3) is 0.375. The van der Waals surface area contributed by atoms with E-state index in [0.29, 0.717) is 11.4 Å². The Balaban J connectivity index is 2.11. The van der Waals surface area contributed by atoms with Gasteiger partial charge in [-0.1, -0.05) is 18.2 Å². The Hall–Kier alpha value is -2.14. The third-order valence-corrected chi connectivity index (χ3v) is 4.16. The number of aromatic nitrogens is 1. The summed E-state index contributed by atoms with van der Waals surface area (Å²) < 4.78 is 0. The molecule has 1 aromatic carbocycles. The topological polar surface area (TPSA) is 85.2 Å². The second-order valence-electron chi connectivity index (χ2n) is 5.74. The molecule has 5 nitrogen and oxygen atoms in total. The first-order valence-electron chi connectivity index (χ1n) is 7.28. The molecule has 2 unspecified atom stereocenters. The second-order valence-corrected chi connectivity index (χ2v) is 5.74. The van der Waals surface area contributed by atoms with Crippen LogP contribution in [-0.2, 0) is 0 Å². The van der Waals surface area contributed by atoms with E-state index < -0.39 is 5.91 Å². The SMILES string of the molecule is CC1CC(N)CCN1c1nc2ccccc2cc1C(N)=O. The van der Waals surface area contributed by atoms with Crippen molar-refractivity contribution in [2.75, 3.05) is 11.4 Å². The molecule has 1 aromatic heterocycles. The maximum atomic E-state index is 11.8. The molecule has 1 aliphatic heterocycles. The number of primary amides is 1. The fourth-order valence-corrected chi connectivity index (χ4v) is 3.03. The molecule has 1 fully saturated rings. The van der Waals surface area contributed by atoms with Gasteiger partial charge in [0.25, 0.3) is 5.91 Å². The van der Waals surface area contributed by atoms with Gasteiger partial charge in [0, 0.05) is 24.0 Å². The third kappa shape index (κ3) is 2.56. The Morgan fingerprint density at radius 1 is 1.38 bits per heavy atom. The molecule has 0 saturated carbocycles. The molecule has 2 heterocycles. The van der Waals surface area contributed by atoms with Gasteiger partial charge in [0.1, 0.15) is 5.82 Å². The molecule has 0 bridgehead atoms. The molecule has 0 radical (unpaired) electrons. The molecule has 0 aliphatic carbocycles. The molecule has 21 heavy (non-hydrogen) atoms. The van der Waals surface area contributed by atoms with Crippen molar-refractivity contribution in [1.82, 2.24) is 4.98 Å². The first kappa shape index (κ1) is 13.8. The number of nitrogens with zero attached hydrogens (tertiary/aromatic N) is 2. The number of pyridine rings is 1. The number of fused-ring (bicyclic) bond motifs is 1. The highest BCUT2D eigenvalue weighted by atomic mass is 16.1. The maximum absolute atomic E-state index is 11.8. The van der Waals surface area contributed by atoms with E-state index in [9.17, 15) is 4.79 Å². The van der Waals surface area contributed by atoms with Crippen LogP contribution in [0.5, 0.6) is 0 Å². The van der Waals surface area contributed by atoms with Crippen LogP contribution in [0.2, 0.25) is 0 Å². The minimum atomic E-state index is -0.440. The second kappa shape index (κ2) is 5.33. The number of hydrogen-bond acceptors (Lipinski definition) is 4. The molecule has 5 heteroatoms. The van der Waals surface area contributed by atoms with Crippen LogP contribution in [0.1, 0.15) is 30.1 Å². The number of amides is 1. The summed E-state index contributed by atoms with van der Waals surface area (Å²) in [5.41, 5.74) is 12.9. The molecule has 1 saturated heterocycles. The number of hydrogen-bond donors (Lipinski definition) is 2. The van der Waals surface area contributed by atoms with Gasteiger partial charge in [-0.15, -0.1) is 0 Å². The molecule has 0 spiro atoms. The Morgan fingerprint density at radius 2 is 2.14 bits per heavy atom. The van der Waals surface area contributed by atoms with Gasteiger partial charge in [0.05, 0.1) is 11.1 Å². The average Bonchev–Trinajstić information content (AvgIpc) is 2.46. The quantitative estimate of drug-likeness (QED) is 0.878. The number of anilines is 1. The summed E-state index contributed by atoms with van der Waals surface area (Å²) >= 11 is 0. The summed E-state index contributed by atoms with van der Waals surface area (Å²) in [7, 11) is 0. The highest BCUT2D eigenvalue weighted by Gasteiger charge is 2.27. The number of nitrogens with two attached hydrogens (primary N) is 2. The largest absolute Gasteiger partial charge is 0.365 e. The van der Waals surface area contributed by atoms with Gasteiger partial charge in [-0.05, 0) is 31.9 Å². The van der Waals surface area contributed by atoms with E-state index in [1.54, 1.807) is 0 Å². The van der Waals surface area contributed by atoms with Crippen molar-refractivity contribution < 1.29 is 4.79 Å². The highest BCUT2D eigenvalue weighted by molar-refractivity contribution is 6.01. The summed E-state index contributed by atoms with van der Waals surface area (Å²) in [6.45, 7) is 2.91. The first-order valence-corrected chi connectivity index (χ1v) is 7.28. The van der Waals surface area contributed by atoms with E-state index in [1.165, 1.54) is 0 Å². The van der Waals surface area contributed by atoms with Crippen molar-refractivity contribution in [1.29, 1.82) is 0 Å². The van der Waals surface area contributed by atoms with E-state index in [-0.39, 0.29) is 12.1 Å². The molecule has 4 N–H and O–H groups in total. The summed E-state index contributed by atoms with van der Waals surface area (Å²) in [5, 5.41) is 0.927. The van der Waals surface area contributed by atoms with Crippen molar-refractivity contribution in [2.45, 2.75) is 31.8 Å². The minimum absolute atomic E-state index is 0.216. The van der Waals surface area contributed by atoms with Crippen LogP contribution in [0, 0.1) is 0 Å². The highest BCUT2D eigenvalue weighted by Crippen LogP contribution is 2.28. The normalized spacial score (nSPS) is 22.5. The Morgan fingerprint density at radius 3 is 2.86 bits per heavy atom. The molecular formula is C16H20N4O. The van der Waals surface area contributed by atoms with E-state index in [1.807, 2.05) is 30.3 Å². The maximum Gasteiger partial charge on any atom is 0.252 e. The summed E-state index contributed by atoms with van der Waals surface area (Å²) in [6.07, 6.45) is 1.80. The first-order chi connectivity index (χ1) is 10.1. The van der Waals surface area contributed by atoms with Crippen LogP contribution in [0.3, 0.4) is 0 Å². The number of carbonyl (C=O) groups is 1. The lowest BCUT2D eigenvalue weighted by Gasteiger charge is -2.38. The van der Waals surface area contributed by atoms with Gasteiger partial charge in [0.2, 0.25) is 0 Å². The van der Waals surface area contributed by atoms with Gasteiger partial charge in [-0.25, -0.2) is 4.98 Å². The molecule has 1 aliphatic rings. The monoisotopic (exact) mass is 284 g/mol. The smallest absolute Gasteiger partial charge is 0.252 e. The third-order valence-electron chi connectivity index (χ3n) is 4.16. The molecule has 1 amide bonds. The van der Waals surface area contributed by atoms with Crippen molar-refractivity contribution in [2.24, 2.45) is 11.5 Å². The molecule has 2 aromatic rings. The number of para-hydroxylation sites is 1. The van der Waals surface area contributed by atoms with Gasteiger partial charge in [-0.2, -0.15) is 0 Å². The van der Waals surface area contributed by atoms with Gasteiger partial charge < -0.3 is 16.4 Å². The zero-order valence-corrected chi connectivity index (χ0v) is 12.1. The predicted molar refractivity (Wildman–Crippen MR) is 84.3 cm³/mol. The minimum Gasteiger partial charge on any atom is -0.365 e. The zero-order valence-electron chi connectivity index (χ0n) is 12.1. The molecule has 3 rings (SSSR count). The Kier molecular flexibility index (Phi) is 3.51. The van der Waals surface area contributed by atoms with Gasteiger partial charge in [0.15, 0.2) is 0 Å². The van der Waals surface area contributed by atoms with E-state index in [2.05, 4.69) is 16.8 Å². The van der Waals surface area contributed by atoms with Gasteiger partial charge >= 0.3 is 0 Å². The predicted octanol–water partition coefficient (Wildman–Crippen LogP) is 1.65. The van der Waals surface area contributed by atoms with Crippen molar-refractivity contribution in [3.05, 3.63) is 35.9 Å². The lowest BCUT2D eigenvalue weighted by atomic mass is 9.98. The summed E-state index contributed by atoms with van der Waals surface area (Å²) in [5.74, 6) is 0.242. The van der Waals surface area contributed by atoms with Crippen LogP contribution in [0.4, 0.5) is 5.82 Å². The van der Waals surface area contributed by atoms with E-state index in [0.717, 1.165) is 30.3 Å². The van der Waals surface area contributed by atoms with Gasteiger partial charge in [-0.3, -0.25) is 4.79 Å². The lowest BCUT2D eigenvalue weighted by Crippen LogP contribution is -2.46. The lowest BCUT2D eigenvalue weighted by molar-refractivity contribution is 0.100. The van der Waals surface area contributed by atoms with Crippen molar-refractivity contribution >= 4 is 22.6 Å². The molecule has 2 atom stereocenters. The van der Waals surface area contributed by atoms with Crippen LogP contribution in [0.15, 0.2) is 30.3 Å². The van der Waals surface area contributed by atoms with Crippen LogP contribution in [0.25, 0.3) is 10.9 Å². The van der Waals surface area contributed by atoms with E-state index >= 15 is 0 Å². The Labute approximate surface area is 123 Å². The van der Waals surface area contributed by atoms with Crippen LogP contribution < -0.4 is 16.4 Å². The van der Waals surface area contributed by atoms with Crippen LogP contribution >= 0.6 is 0 Å².